The van der Waals surface area contributed by atoms with E-state index in [0.717, 1.165) is 18.2 Å². The summed E-state index contributed by atoms with van der Waals surface area (Å²) in [6.07, 6.45) is 8.96. The molecule has 1 aromatic heterocycles. The van der Waals surface area contributed by atoms with Crippen molar-refractivity contribution in [3.63, 3.8) is 0 Å². The third-order valence-corrected chi connectivity index (χ3v) is 13.4. The zero-order chi connectivity index (χ0) is 39.0. The van der Waals surface area contributed by atoms with Crippen molar-refractivity contribution in [2.75, 3.05) is 13.7 Å². The Balaban J connectivity index is 1.36. The minimum absolute atomic E-state index is 0.0622. The summed E-state index contributed by atoms with van der Waals surface area (Å²) >= 11 is 0. The number of amides is 2. The van der Waals surface area contributed by atoms with Gasteiger partial charge in [0, 0.05) is 29.8 Å². The van der Waals surface area contributed by atoms with Crippen molar-refractivity contribution in [3.05, 3.63) is 42.6 Å². The molecule has 13 heteroatoms. The highest BCUT2D eigenvalue weighted by Gasteiger charge is 2.61. The summed E-state index contributed by atoms with van der Waals surface area (Å²) in [6, 6.07) is 6.40. The van der Waals surface area contributed by atoms with Crippen molar-refractivity contribution < 1.29 is 41.8 Å². The van der Waals surface area contributed by atoms with E-state index in [-0.39, 0.29) is 55.3 Å². The SMILES string of the molecule is CC[C@@H]1C[C@@H](C)CC/C=C\[C@@H]2C[C@@]2(C(=O)NS(=O)(=O)C2CC2)CC(=O)[C@@H]2C[C@@H](Oc3nccc4c(OC)cccc34)CN2C(=O)[C@H]1CC(=O)OC(C)(C)C. The number of esters is 1. The molecule has 3 heterocycles. The summed E-state index contributed by atoms with van der Waals surface area (Å²) in [5.41, 5.74) is -1.99. The van der Waals surface area contributed by atoms with Crippen LogP contribution in [0.5, 0.6) is 11.6 Å². The van der Waals surface area contributed by atoms with Gasteiger partial charge in [0.1, 0.15) is 17.5 Å². The maximum atomic E-state index is 15.0. The highest BCUT2D eigenvalue weighted by molar-refractivity contribution is 7.90. The molecular formula is C41H55N3O9S. The molecule has 0 bridgehead atoms. The molecule has 6 rings (SSSR count). The fourth-order valence-electron chi connectivity index (χ4n) is 8.39. The first kappa shape index (κ1) is 39.7. The van der Waals surface area contributed by atoms with Crippen LogP contribution in [0, 0.1) is 29.1 Å². The van der Waals surface area contributed by atoms with Crippen molar-refractivity contribution in [1.82, 2.24) is 14.6 Å². The van der Waals surface area contributed by atoms with E-state index >= 15 is 0 Å². The lowest BCUT2D eigenvalue weighted by molar-refractivity contribution is -0.160. The first-order valence-corrected chi connectivity index (χ1v) is 21.0. The second-order valence-electron chi connectivity index (χ2n) is 16.9. The fourth-order valence-corrected chi connectivity index (χ4v) is 9.77. The molecule has 1 saturated heterocycles. The number of Topliss-reactive ketones (excluding diaryl/α,β-unsaturated/α-hetero) is 1. The largest absolute Gasteiger partial charge is 0.496 e. The molecule has 4 aliphatic rings. The second-order valence-corrected chi connectivity index (χ2v) is 18.8. The number of allylic oxidation sites excluding steroid dienone is 2. The van der Waals surface area contributed by atoms with Gasteiger partial charge in [-0.2, -0.15) is 0 Å². The van der Waals surface area contributed by atoms with Crippen LogP contribution in [0.2, 0.25) is 0 Å². The van der Waals surface area contributed by atoms with Crippen LogP contribution in [0.15, 0.2) is 42.6 Å². The molecule has 2 aliphatic carbocycles. The van der Waals surface area contributed by atoms with Gasteiger partial charge in [0.25, 0.3) is 0 Å². The molecule has 2 aliphatic heterocycles. The van der Waals surface area contributed by atoms with E-state index in [4.69, 9.17) is 14.2 Å². The smallest absolute Gasteiger partial charge is 0.307 e. The van der Waals surface area contributed by atoms with Gasteiger partial charge in [0.15, 0.2) is 5.78 Å². The normalized spacial score (nSPS) is 30.0. The Morgan fingerprint density at radius 1 is 1.07 bits per heavy atom. The zero-order valence-electron chi connectivity index (χ0n) is 32.3. The van der Waals surface area contributed by atoms with Crippen LogP contribution in [0.1, 0.15) is 98.8 Å². The predicted molar refractivity (Wildman–Crippen MR) is 203 cm³/mol. The third-order valence-electron chi connectivity index (χ3n) is 11.5. The van der Waals surface area contributed by atoms with Gasteiger partial charge < -0.3 is 19.1 Å². The van der Waals surface area contributed by atoms with Crippen LogP contribution in [0.25, 0.3) is 10.8 Å². The monoisotopic (exact) mass is 765 g/mol. The number of aromatic nitrogens is 1. The number of sulfonamides is 1. The fraction of sp³-hybridized carbons (Fsp3) is 0.634. The first-order chi connectivity index (χ1) is 25.5. The molecule has 294 valence electrons. The lowest BCUT2D eigenvalue weighted by Crippen LogP contribution is -2.48. The van der Waals surface area contributed by atoms with Gasteiger partial charge in [0.05, 0.1) is 42.7 Å². The van der Waals surface area contributed by atoms with Gasteiger partial charge in [-0.15, -0.1) is 0 Å². The van der Waals surface area contributed by atoms with Gasteiger partial charge in [-0.25, -0.2) is 13.4 Å². The van der Waals surface area contributed by atoms with Crippen LogP contribution in [-0.2, 0) is 33.9 Å². The summed E-state index contributed by atoms with van der Waals surface area (Å²) in [5.74, 6) is -1.84. The first-order valence-electron chi connectivity index (χ1n) is 19.4. The predicted octanol–water partition coefficient (Wildman–Crippen LogP) is 5.92. The van der Waals surface area contributed by atoms with Gasteiger partial charge in [-0.1, -0.05) is 38.5 Å². The molecule has 1 N–H and O–H groups in total. The molecule has 3 fully saturated rings. The topological polar surface area (TPSA) is 158 Å². The van der Waals surface area contributed by atoms with Crippen LogP contribution in [0.4, 0.5) is 0 Å². The molecule has 54 heavy (non-hydrogen) atoms. The Hall–Kier alpha value is -4.00. The summed E-state index contributed by atoms with van der Waals surface area (Å²) < 4.78 is 45.9. The van der Waals surface area contributed by atoms with Gasteiger partial charge in [0.2, 0.25) is 27.7 Å². The van der Waals surface area contributed by atoms with Gasteiger partial charge >= 0.3 is 5.97 Å². The van der Waals surface area contributed by atoms with Crippen molar-refractivity contribution in [3.8, 4) is 11.6 Å². The van der Waals surface area contributed by atoms with E-state index in [2.05, 4.69) is 16.6 Å². The number of ether oxygens (including phenoxy) is 3. The standard InChI is InChI=1S/C41H55N3O9S/c1-7-26-19-25(2)11-8-9-12-27-22-41(27,39(48)43-54(49,50)29-15-16-29)23-34(45)33-20-28(24-44(33)38(47)32(26)21-36(46)53-40(3,4)5)52-37-31-13-10-14-35(51-6)30(31)17-18-42-37/h9-10,12-14,17-18,25-29,32-33H,7-8,11,15-16,19-24H2,1-6H3,(H,43,48)/b12-9-/t25-,26+,27+,28+,32-,33-,41+/m0/s1. The Labute approximate surface area is 318 Å². The van der Waals surface area contributed by atoms with Gasteiger partial charge in [-0.05, 0) is 95.2 Å². The van der Waals surface area contributed by atoms with E-state index in [1.807, 2.05) is 43.3 Å². The Morgan fingerprint density at radius 2 is 1.83 bits per heavy atom. The molecule has 2 amide bonds. The molecule has 1 aromatic carbocycles. The lowest BCUT2D eigenvalue weighted by Gasteiger charge is -2.33. The van der Waals surface area contributed by atoms with Gasteiger partial charge in [-0.3, -0.25) is 23.9 Å². The summed E-state index contributed by atoms with van der Waals surface area (Å²) in [5, 5.41) is 0.910. The highest BCUT2D eigenvalue weighted by Crippen LogP contribution is 2.57. The van der Waals surface area contributed by atoms with Crippen LogP contribution >= 0.6 is 0 Å². The van der Waals surface area contributed by atoms with E-state index in [1.165, 1.54) is 0 Å². The van der Waals surface area contributed by atoms with Crippen molar-refractivity contribution >= 4 is 44.4 Å². The third kappa shape index (κ3) is 8.76. The molecule has 7 atom stereocenters. The van der Waals surface area contributed by atoms with E-state index in [0.29, 0.717) is 49.1 Å². The number of ketones is 1. The molecule has 2 aromatic rings. The minimum atomic E-state index is -3.85. The number of benzene rings is 1. The average molecular weight is 766 g/mol. The number of fused-ring (bicyclic) bond motifs is 3. The minimum Gasteiger partial charge on any atom is -0.496 e. The van der Waals surface area contributed by atoms with Crippen molar-refractivity contribution in [1.29, 1.82) is 0 Å². The molecule has 12 nitrogen and oxygen atoms in total. The number of methoxy groups -OCH3 is 1. The second kappa shape index (κ2) is 15.6. The molecule has 2 saturated carbocycles. The molecular weight excluding hydrogens is 711 g/mol. The number of pyridine rings is 1. The maximum absolute atomic E-state index is 15.0. The number of nitrogens with zero attached hydrogens (tertiary/aromatic N) is 2. The average Bonchev–Trinajstić information content (AvgIpc) is 4.04. The van der Waals surface area contributed by atoms with E-state index in [9.17, 15) is 27.6 Å². The Bertz CT molecular complexity index is 1900. The van der Waals surface area contributed by atoms with Crippen LogP contribution in [0.3, 0.4) is 0 Å². The molecule has 0 spiro atoms. The lowest BCUT2D eigenvalue weighted by atomic mass is 9.79. The number of carbonyl (C=O) groups is 4. The van der Waals surface area contributed by atoms with Crippen molar-refractivity contribution in [2.24, 2.45) is 29.1 Å². The summed E-state index contributed by atoms with van der Waals surface area (Å²) in [6.45, 7) is 9.59. The van der Waals surface area contributed by atoms with E-state index in [1.54, 1.807) is 39.0 Å². The molecule has 0 radical (unpaired) electrons. The zero-order valence-corrected chi connectivity index (χ0v) is 33.2. The van der Waals surface area contributed by atoms with Crippen molar-refractivity contribution in [2.45, 2.75) is 122 Å². The highest BCUT2D eigenvalue weighted by atomic mass is 32.2. The van der Waals surface area contributed by atoms with E-state index < -0.39 is 56.2 Å². The number of carbonyl (C=O) groups excluding carboxylic acids is 4. The maximum Gasteiger partial charge on any atom is 0.307 e. The summed E-state index contributed by atoms with van der Waals surface area (Å²) in [4.78, 5) is 62.9. The number of rotatable bonds is 9. The Morgan fingerprint density at radius 3 is 2.52 bits per heavy atom. The summed E-state index contributed by atoms with van der Waals surface area (Å²) in [7, 11) is -2.27. The number of nitrogens with one attached hydrogen (secondary N) is 1. The van der Waals surface area contributed by atoms with Crippen LogP contribution < -0.4 is 14.2 Å². The number of hydrogen-bond donors (Lipinski definition) is 1. The van der Waals surface area contributed by atoms with Crippen LogP contribution in [-0.4, -0.2) is 78.5 Å². The number of hydrogen-bond acceptors (Lipinski definition) is 10. The Kier molecular flexibility index (Phi) is 11.5. The molecule has 0 unspecified atom stereocenters. The quantitative estimate of drug-likeness (QED) is 0.240.